The van der Waals surface area contributed by atoms with Crippen LogP contribution in [0, 0.1) is 6.92 Å². The van der Waals surface area contributed by atoms with Gasteiger partial charge in [-0.3, -0.25) is 10.0 Å². The van der Waals surface area contributed by atoms with E-state index in [4.69, 9.17) is 11.7 Å². The third-order valence-corrected chi connectivity index (χ3v) is 3.76. The quantitative estimate of drug-likeness (QED) is 0.388. The van der Waals surface area contributed by atoms with E-state index >= 15 is 0 Å². The van der Waals surface area contributed by atoms with Crippen molar-refractivity contribution in [1.29, 1.82) is 0 Å². The minimum atomic E-state index is -0.396. The molecule has 0 radical (unpaired) electrons. The van der Waals surface area contributed by atoms with Gasteiger partial charge in [0.2, 0.25) is 0 Å². The van der Waals surface area contributed by atoms with Crippen molar-refractivity contribution in [3.05, 3.63) is 29.8 Å². The number of aryl methyl sites for hydroxylation is 1. The summed E-state index contributed by atoms with van der Waals surface area (Å²) in [6, 6.07) is 7.76. The first-order chi connectivity index (χ1) is 9.41. The van der Waals surface area contributed by atoms with Crippen LogP contribution in [-0.2, 0) is 0 Å². The molecular formula is C14H26N4OS. The van der Waals surface area contributed by atoms with E-state index in [1.807, 2.05) is 20.8 Å². The Balaban J connectivity index is 0.00000172. The topological polar surface area (TPSA) is 75.6 Å². The van der Waals surface area contributed by atoms with Crippen molar-refractivity contribution in [3.63, 3.8) is 0 Å². The number of hydrogen-bond donors (Lipinski definition) is 2. The number of amides is 2. The molecule has 0 spiro atoms. The molecule has 0 aliphatic heterocycles. The van der Waals surface area contributed by atoms with Crippen LogP contribution >= 0.6 is 11.8 Å². The Morgan fingerprint density at radius 1 is 1.25 bits per heavy atom. The Morgan fingerprint density at radius 2 is 1.75 bits per heavy atom. The number of hydrazine groups is 2. The van der Waals surface area contributed by atoms with Gasteiger partial charge in [-0.25, -0.2) is 16.5 Å². The van der Waals surface area contributed by atoms with Crippen LogP contribution in [0.1, 0.15) is 26.3 Å². The fourth-order valence-corrected chi connectivity index (χ4v) is 2.23. The molecule has 6 heteroatoms. The van der Waals surface area contributed by atoms with Gasteiger partial charge in [0.25, 0.3) is 0 Å². The van der Waals surface area contributed by atoms with Crippen LogP contribution in [0.2, 0.25) is 0 Å². The molecule has 114 valence electrons. The van der Waals surface area contributed by atoms with E-state index in [9.17, 15) is 4.79 Å². The standard InChI is InChI=1S/C12H20N4OS.C2H6/c1-9-4-6-11(7-5-9)18-8-10(2)16(14)12(17)15(3)13;1-2/h4-7,10H,8,13-14H2,1-3H3;1-2H3. The maximum Gasteiger partial charge on any atom is 0.348 e. The molecule has 0 saturated heterocycles. The summed E-state index contributed by atoms with van der Waals surface area (Å²) in [7, 11) is 1.47. The molecule has 1 aromatic rings. The lowest BCUT2D eigenvalue weighted by Gasteiger charge is -2.26. The average molecular weight is 298 g/mol. The number of carbonyl (C=O) groups excluding carboxylic acids is 1. The molecule has 5 nitrogen and oxygen atoms in total. The molecule has 0 aliphatic carbocycles. The Kier molecular flexibility index (Phi) is 9.03. The first-order valence-corrected chi connectivity index (χ1v) is 7.66. The van der Waals surface area contributed by atoms with E-state index in [1.165, 1.54) is 12.6 Å². The van der Waals surface area contributed by atoms with Crippen molar-refractivity contribution in [2.24, 2.45) is 11.7 Å². The van der Waals surface area contributed by atoms with E-state index < -0.39 is 6.03 Å². The Bertz CT molecular complexity index is 395. The van der Waals surface area contributed by atoms with Gasteiger partial charge in [0.1, 0.15) is 0 Å². The summed E-state index contributed by atoms with van der Waals surface area (Å²) >= 11 is 1.66. The first kappa shape index (κ1) is 18.8. The number of benzene rings is 1. The van der Waals surface area contributed by atoms with Gasteiger partial charge >= 0.3 is 6.03 Å². The molecule has 0 aromatic heterocycles. The van der Waals surface area contributed by atoms with E-state index in [0.717, 1.165) is 20.7 Å². The van der Waals surface area contributed by atoms with Gasteiger partial charge in [-0.2, -0.15) is 0 Å². The highest BCUT2D eigenvalue weighted by molar-refractivity contribution is 7.99. The van der Waals surface area contributed by atoms with E-state index in [2.05, 4.69) is 31.2 Å². The Hall–Kier alpha value is -1.24. The number of urea groups is 1. The summed E-state index contributed by atoms with van der Waals surface area (Å²) in [5.74, 6) is 11.8. The van der Waals surface area contributed by atoms with Crippen LogP contribution in [0.3, 0.4) is 0 Å². The van der Waals surface area contributed by atoms with Gasteiger partial charge in [-0.05, 0) is 26.0 Å². The highest BCUT2D eigenvalue weighted by Crippen LogP contribution is 2.20. The maximum atomic E-state index is 11.5. The number of carbonyl (C=O) groups is 1. The SMILES string of the molecule is CC.Cc1ccc(SCC(C)N(N)C(=O)N(C)N)cc1. The second-order valence-corrected chi connectivity index (χ2v) is 5.37. The zero-order chi connectivity index (χ0) is 15.7. The average Bonchev–Trinajstić information content (AvgIpc) is 2.46. The Morgan fingerprint density at radius 3 is 2.20 bits per heavy atom. The smallest absolute Gasteiger partial charge is 0.264 e. The number of hydrogen-bond acceptors (Lipinski definition) is 4. The van der Waals surface area contributed by atoms with E-state index in [-0.39, 0.29) is 6.04 Å². The zero-order valence-electron chi connectivity index (χ0n) is 13.0. The van der Waals surface area contributed by atoms with Crippen LogP contribution in [0.25, 0.3) is 0 Å². The molecule has 1 aromatic carbocycles. The largest absolute Gasteiger partial charge is 0.348 e. The number of thioether (sulfide) groups is 1. The zero-order valence-corrected chi connectivity index (χ0v) is 13.8. The van der Waals surface area contributed by atoms with E-state index in [1.54, 1.807) is 11.8 Å². The van der Waals surface area contributed by atoms with Gasteiger partial charge in [0, 0.05) is 17.7 Å². The second kappa shape index (κ2) is 9.63. The summed E-state index contributed by atoms with van der Waals surface area (Å²) in [4.78, 5) is 12.7. The third kappa shape index (κ3) is 6.27. The lowest BCUT2D eigenvalue weighted by Crippen LogP contribution is -2.52. The van der Waals surface area contributed by atoms with Gasteiger partial charge in [-0.15, -0.1) is 11.8 Å². The molecule has 0 aliphatic rings. The summed E-state index contributed by atoms with van der Waals surface area (Å²) in [5, 5.41) is 2.13. The van der Waals surface area contributed by atoms with Crippen molar-refractivity contribution >= 4 is 17.8 Å². The van der Waals surface area contributed by atoms with Crippen LogP contribution in [0.15, 0.2) is 29.2 Å². The molecular weight excluding hydrogens is 272 g/mol. The molecule has 20 heavy (non-hydrogen) atoms. The third-order valence-electron chi connectivity index (χ3n) is 2.51. The lowest BCUT2D eigenvalue weighted by molar-refractivity contribution is 0.151. The molecule has 0 bridgehead atoms. The van der Waals surface area contributed by atoms with Crippen molar-refractivity contribution in [1.82, 2.24) is 10.0 Å². The maximum absolute atomic E-state index is 11.5. The predicted molar refractivity (Wildman–Crippen MR) is 86.1 cm³/mol. The van der Waals surface area contributed by atoms with Gasteiger partial charge in [0.05, 0.1) is 6.04 Å². The van der Waals surface area contributed by atoms with Gasteiger partial charge in [-0.1, -0.05) is 31.5 Å². The van der Waals surface area contributed by atoms with Crippen molar-refractivity contribution in [2.45, 2.75) is 38.6 Å². The summed E-state index contributed by atoms with van der Waals surface area (Å²) < 4.78 is 0. The van der Waals surface area contributed by atoms with Gasteiger partial charge in [0.15, 0.2) is 0 Å². The van der Waals surface area contributed by atoms with E-state index in [0.29, 0.717) is 0 Å². The number of nitrogens with two attached hydrogens (primary N) is 2. The molecule has 1 atom stereocenters. The molecule has 1 rings (SSSR count). The monoisotopic (exact) mass is 298 g/mol. The molecule has 1 unspecified atom stereocenters. The fourth-order valence-electron chi connectivity index (χ4n) is 1.30. The molecule has 0 heterocycles. The van der Waals surface area contributed by atoms with Crippen molar-refractivity contribution in [3.8, 4) is 0 Å². The summed E-state index contributed by atoms with van der Waals surface area (Å²) in [6.07, 6.45) is 0. The number of rotatable bonds is 4. The minimum Gasteiger partial charge on any atom is -0.264 e. The van der Waals surface area contributed by atoms with Crippen LogP contribution in [0.5, 0.6) is 0 Å². The highest BCUT2D eigenvalue weighted by atomic mass is 32.2. The first-order valence-electron chi connectivity index (χ1n) is 6.67. The highest BCUT2D eigenvalue weighted by Gasteiger charge is 2.18. The fraction of sp³-hybridized carbons (Fsp3) is 0.500. The van der Waals surface area contributed by atoms with Crippen molar-refractivity contribution < 1.29 is 4.79 Å². The molecule has 0 fully saturated rings. The lowest BCUT2D eigenvalue weighted by atomic mass is 10.2. The Labute approximate surface area is 126 Å². The molecule has 2 amide bonds. The second-order valence-electron chi connectivity index (χ2n) is 4.27. The van der Waals surface area contributed by atoms with Gasteiger partial charge < -0.3 is 0 Å². The summed E-state index contributed by atoms with van der Waals surface area (Å²) in [6.45, 7) is 7.94. The minimum absolute atomic E-state index is 0.0881. The normalized spacial score (nSPS) is 11.2. The van der Waals surface area contributed by atoms with Crippen molar-refractivity contribution in [2.75, 3.05) is 12.8 Å². The summed E-state index contributed by atoms with van der Waals surface area (Å²) in [5.41, 5.74) is 1.23. The molecule has 0 saturated carbocycles. The van der Waals surface area contributed by atoms with Crippen LogP contribution in [-0.4, -0.2) is 34.9 Å². The van der Waals surface area contributed by atoms with Crippen LogP contribution in [0.4, 0.5) is 4.79 Å². The predicted octanol–water partition coefficient (Wildman–Crippen LogP) is 2.60. The van der Waals surface area contributed by atoms with Crippen LogP contribution < -0.4 is 11.7 Å². The molecule has 4 N–H and O–H groups in total. The number of nitrogens with zero attached hydrogens (tertiary/aromatic N) is 2.